The van der Waals surface area contributed by atoms with E-state index in [-0.39, 0.29) is 6.04 Å². The second-order valence-electron chi connectivity index (χ2n) is 4.73. The predicted octanol–water partition coefficient (Wildman–Crippen LogP) is 2.67. The average molecular weight is 280 g/mol. The zero-order chi connectivity index (χ0) is 14.2. The summed E-state index contributed by atoms with van der Waals surface area (Å²) in [6.07, 6.45) is 3.00. The van der Waals surface area contributed by atoms with Crippen LogP contribution in [0.4, 0.5) is 5.82 Å². The number of H-pyrrole nitrogens is 1. The van der Waals surface area contributed by atoms with Crippen LogP contribution < -0.4 is 5.32 Å². The van der Waals surface area contributed by atoms with E-state index < -0.39 is 0 Å². The highest BCUT2D eigenvalue weighted by molar-refractivity contribution is 6.05. The number of nitrogens with one attached hydrogen (secondary N) is 2. The lowest BCUT2D eigenvalue weighted by Crippen LogP contribution is -2.10. The molecule has 0 aliphatic rings. The maximum atomic E-state index is 5.87. The lowest BCUT2D eigenvalue weighted by atomic mass is 10.2. The predicted molar refractivity (Wildman–Crippen MR) is 77.7 cm³/mol. The van der Waals surface area contributed by atoms with E-state index in [1.807, 2.05) is 31.2 Å². The Morgan fingerprint density at radius 2 is 2.05 bits per heavy atom. The summed E-state index contributed by atoms with van der Waals surface area (Å²) in [6, 6.07) is 7.73. The number of furan rings is 1. The van der Waals surface area contributed by atoms with Crippen molar-refractivity contribution in [3.63, 3.8) is 0 Å². The van der Waals surface area contributed by atoms with Crippen LogP contribution in [0.15, 0.2) is 41.3 Å². The van der Waals surface area contributed by atoms with Crippen LogP contribution in [-0.2, 0) is 0 Å². The fraction of sp³-hybridized carbons (Fsp3) is 0.143. The fourth-order valence-corrected chi connectivity index (χ4v) is 2.32. The maximum absolute atomic E-state index is 5.87. The van der Waals surface area contributed by atoms with Crippen LogP contribution >= 0.6 is 0 Å². The largest absolute Gasteiger partial charge is 0.450 e. The van der Waals surface area contributed by atoms with E-state index in [1.165, 1.54) is 12.7 Å². The van der Waals surface area contributed by atoms with Gasteiger partial charge in [0.2, 0.25) is 0 Å². The third-order valence-electron chi connectivity index (χ3n) is 3.36. The molecule has 2 N–H and O–H groups in total. The number of nitrogens with zero attached hydrogens (tertiary/aromatic N) is 4. The van der Waals surface area contributed by atoms with Crippen LogP contribution in [0, 0.1) is 0 Å². The second-order valence-corrected chi connectivity index (χ2v) is 4.73. The van der Waals surface area contributed by atoms with Gasteiger partial charge in [-0.1, -0.05) is 12.1 Å². The molecule has 1 atom stereocenters. The minimum atomic E-state index is -0.0705. The van der Waals surface area contributed by atoms with Gasteiger partial charge in [-0.15, -0.1) is 0 Å². The number of para-hydroxylation sites is 1. The van der Waals surface area contributed by atoms with Gasteiger partial charge in [0, 0.05) is 5.39 Å². The lowest BCUT2D eigenvalue weighted by Gasteiger charge is -2.11. The van der Waals surface area contributed by atoms with Crippen LogP contribution in [0.2, 0.25) is 0 Å². The Bertz CT molecular complexity index is 898. The molecule has 0 saturated heterocycles. The van der Waals surface area contributed by atoms with Crippen LogP contribution in [-0.4, -0.2) is 25.1 Å². The summed E-state index contributed by atoms with van der Waals surface area (Å²) in [4.78, 5) is 12.7. The molecule has 3 aromatic heterocycles. The molecule has 7 heteroatoms. The first-order valence-electron chi connectivity index (χ1n) is 6.57. The van der Waals surface area contributed by atoms with Crippen LogP contribution in [0.5, 0.6) is 0 Å². The molecular weight excluding hydrogens is 268 g/mol. The van der Waals surface area contributed by atoms with E-state index in [0.29, 0.717) is 11.4 Å². The lowest BCUT2D eigenvalue weighted by molar-refractivity contribution is 0.664. The Morgan fingerprint density at radius 1 is 1.14 bits per heavy atom. The zero-order valence-electron chi connectivity index (χ0n) is 11.2. The summed E-state index contributed by atoms with van der Waals surface area (Å²) in [5, 5.41) is 10.9. The Morgan fingerprint density at radius 3 is 2.90 bits per heavy atom. The Labute approximate surface area is 119 Å². The summed E-state index contributed by atoms with van der Waals surface area (Å²) in [5.74, 6) is 1.37. The Hall–Kier alpha value is -2.96. The molecule has 0 fully saturated rings. The summed E-state index contributed by atoms with van der Waals surface area (Å²) in [5.41, 5.74) is 2.24. The standard InChI is InChI=1S/C14H12N6O/c1-8(13-17-7-18-20-13)19-14-12-11(15-6-16-14)9-4-2-3-5-10(9)21-12/h2-8H,1H3,(H,15,16,19)(H,17,18,20). The number of hydrogen-bond acceptors (Lipinski definition) is 6. The van der Waals surface area contributed by atoms with Crippen LogP contribution in [0.1, 0.15) is 18.8 Å². The number of rotatable bonds is 3. The van der Waals surface area contributed by atoms with Crippen molar-refractivity contribution in [1.82, 2.24) is 25.1 Å². The Balaban J connectivity index is 1.82. The summed E-state index contributed by atoms with van der Waals surface area (Å²) in [7, 11) is 0. The molecule has 4 rings (SSSR count). The highest BCUT2D eigenvalue weighted by Gasteiger charge is 2.16. The van der Waals surface area contributed by atoms with Gasteiger partial charge in [0.1, 0.15) is 29.6 Å². The molecule has 0 amide bonds. The maximum Gasteiger partial charge on any atom is 0.196 e. The van der Waals surface area contributed by atoms with E-state index in [1.54, 1.807) is 0 Å². The molecule has 4 aromatic rings. The third kappa shape index (κ3) is 1.90. The van der Waals surface area contributed by atoms with Crippen molar-refractivity contribution >= 4 is 27.9 Å². The molecule has 0 bridgehead atoms. The van der Waals surface area contributed by atoms with Crippen molar-refractivity contribution in [3.05, 3.63) is 42.7 Å². The van der Waals surface area contributed by atoms with Crippen molar-refractivity contribution in [2.45, 2.75) is 13.0 Å². The summed E-state index contributed by atoms with van der Waals surface area (Å²) in [6.45, 7) is 1.97. The third-order valence-corrected chi connectivity index (χ3v) is 3.36. The van der Waals surface area contributed by atoms with Gasteiger partial charge in [0.05, 0.1) is 6.04 Å². The highest BCUT2D eigenvalue weighted by Crippen LogP contribution is 2.31. The van der Waals surface area contributed by atoms with Crippen LogP contribution in [0.3, 0.4) is 0 Å². The number of benzene rings is 1. The van der Waals surface area contributed by atoms with E-state index in [9.17, 15) is 0 Å². The van der Waals surface area contributed by atoms with Gasteiger partial charge < -0.3 is 9.73 Å². The molecule has 0 spiro atoms. The smallest absolute Gasteiger partial charge is 0.196 e. The van der Waals surface area contributed by atoms with Crippen molar-refractivity contribution in [3.8, 4) is 0 Å². The van der Waals surface area contributed by atoms with E-state index in [4.69, 9.17) is 4.42 Å². The minimum Gasteiger partial charge on any atom is -0.450 e. The minimum absolute atomic E-state index is 0.0705. The van der Waals surface area contributed by atoms with Crippen LogP contribution in [0.25, 0.3) is 22.1 Å². The van der Waals surface area contributed by atoms with Crippen molar-refractivity contribution in [1.29, 1.82) is 0 Å². The SMILES string of the molecule is CC(Nc1ncnc2c1oc1ccccc12)c1ncn[nH]1. The number of aromatic nitrogens is 5. The Kier molecular flexibility index (Phi) is 2.56. The van der Waals surface area contributed by atoms with E-state index in [0.717, 1.165) is 22.3 Å². The molecule has 0 saturated carbocycles. The van der Waals surface area contributed by atoms with Gasteiger partial charge >= 0.3 is 0 Å². The quantitative estimate of drug-likeness (QED) is 0.599. The van der Waals surface area contributed by atoms with Crippen molar-refractivity contribution in [2.75, 3.05) is 5.32 Å². The number of anilines is 1. The molecule has 0 aliphatic carbocycles. The van der Waals surface area contributed by atoms with Gasteiger partial charge in [-0.05, 0) is 19.1 Å². The molecule has 21 heavy (non-hydrogen) atoms. The topological polar surface area (TPSA) is 92.5 Å². The summed E-state index contributed by atoms with van der Waals surface area (Å²) < 4.78 is 5.87. The molecule has 7 nitrogen and oxygen atoms in total. The first kappa shape index (κ1) is 11.8. The molecule has 104 valence electrons. The molecule has 1 unspecified atom stereocenters. The monoisotopic (exact) mass is 280 g/mol. The number of aromatic amines is 1. The second kappa shape index (κ2) is 4.55. The zero-order valence-corrected chi connectivity index (χ0v) is 11.2. The van der Waals surface area contributed by atoms with Crippen molar-refractivity contribution in [2.24, 2.45) is 0 Å². The average Bonchev–Trinajstić information content (AvgIpc) is 3.15. The molecule has 0 aliphatic heterocycles. The van der Waals surface area contributed by atoms with Crippen molar-refractivity contribution < 1.29 is 4.42 Å². The number of hydrogen-bond donors (Lipinski definition) is 2. The molecule has 1 aromatic carbocycles. The first-order valence-corrected chi connectivity index (χ1v) is 6.57. The van der Waals surface area contributed by atoms with Gasteiger partial charge in [-0.3, -0.25) is 5.10 Å². The molecular formula is C14H12N6O. The summed E-state index contributed by atoms with van der Waals surface area (Å²) >= 11 is 0. The van der Waals surface area contributed by atoms with E-state index >= 15 is 0 Å². The van der Waals surface area contributed by atoms with Gasteiger partial charge in [0.25, 0.3) is 0 Å². The number of fused-ring (bicyclic) bond motifs is 3. The van der Waals surface area contributed by atoms with Gasteiger partial charge in [-0.25, -0.2) is 15.0 Å². The highest BCUT2D eigenvalue weighted by atomic mass is 16.3. The molecule has 0 radical (unpaired) electrons. The van der Waals surface area contributed by atoms with Gasteiger partial charge in [-0.2, -0.15) is 5.10 Å². The van der Waals surface area contributed by atoms with Gasteiger partial charge in [0.15, 0.2) is 11.4 Å². The normalized spacial score (nSPS) is 12.8. The first-order chi connectivity index (χ1) is 10.3. The van der Waals surface area contributed by atoms with E-state index in [2.05, 4.69) is 30.5 Å². The fourth-order valence-electron chi connectivity index (χ4n) is 2.32. The molecule has 3 heterocycles.